The van der Waals surface area contributed by atoms with E-state index in [0.29, 0.717) is 29.9 Å². The summed E-state index contributed by atoms with van der Waals surface area (Å²) >= 11 is 12.4. The zero-order chi connectivity index (χ0) is 34.7. The maximum Gasteiger partial charge on any atom is 0.225 e. The van der Waals surface area contributed by atoms with Crippen molar-refractivity contribution in [1.29, 1.82) is 0 Å². The van der Waals surface area contributed by atoms with Crippen molar-refractivity contribution in [3.05, 3.63) is 76.1 Å². The monoisotopic (exact) mass is 719 g/mol. The molecule has 2 aromatic carbocycles. The van der Waals surface area contributed by atoms with Crippen LogP contribution < -0.4 is 19.7 Å². The topological polar surface area (TPSA) is 62.8 Å². The Labute approximate surface area is 309 Å². The van der Waals surface area contributed by atoms with Crippen molar-refractivity contribution in [2.45, 2.75) is 71.3 Å². The summed E-state index contributed by atoms with van der Waals surface area (Å²) in [6.07, 6.45) is 10.2. The number of anilines is 1. The normalized spacial score (nSPS) is 23.7. The van der Waals surface area contributed by atoms with Gasteiger partial charge in [-0.25, -0.2) is 9.97 Å². The summed E-state index contributed by atoms with van der Waals surface area (Å²) in [5.41, 5.74) is 3.97. The molecule has 7 nitrogen and oxygen atoms in total. The van der Waals surface area contributed by atoms with E-state index in [9.17, 15) is 0 Å². The molecule has 0 amide bonds. The van der Waals surface area contributed by atoms with Crippen LogP contribution in [0.4, 0.5) is 5.95 Å². The lowest BCUT2D eigenvalue weighted by molar-refractivity contribution is 0.121. The van der Waals surface area contributed by atoms with E-state index in [1.165, 1.54) is 76.8 Å². The van der Waals surface area contributed by atoms with Crippen LogP contribution in [0.5, 0.6) is 11.5 Å². The standard InChI is InChI=1S/C41H55Cl2N5O2/c1-28-20-35(23-38(43)39(28)49-19-13-42)41(2,3)34-4-6-37(7-5-34)50-27-36-10-16-45-40(46-36)48-25-32-21-31(22-33(32)26-48)30-11-17-47(18-12-30)24-29-8-14-44-15-9-29/h4-7,10,16,20,23,29-33,44H,8-9,11-15,17-19,21-22,24-27H2,1-3H3/t31?,32-,33+. The molecule has 9 heteroatoms. The van der Waals surface area contributed by atoms with Gasteiger partial charge in [0.1, 0.15) is 24.7 Å². The van der Waals surface area contributed by atoms with Crippen LogP contribution in [0.1, 0.15) is 74.8 Å². The first-order chi connectivity index (χ1) is 24.3. The number of nitrogens with one attached hydrogen (secondary N) is 1. The van der Waals surface area contributed by atoms with E-state index in [2.05, 4.69) is 47.2 Å². The van der Waals surface area contributed by atoms with Crippen LogP contribution in [0, 0.1) is 36.5 Å². The molecule has 1 unspecified atom stereocenters. The van der Waals surface area contributed by atoms with Crippen LogP contribution in [0.2, 0.25) is 5.02 Å². The Kier molecular flexibility index (Phi) is 11.4. The van der Waals surface area contributed by atoms with Gasteiger partial charge < -0.3 is 24.6 Å². The number of aromatic nitrogens is 2. The molecule has 4 heterocycles. The van der Waals surface area contributed by atoms with Gasteiger partial charge in [0, 0.05) is 31.2 Å². The van der Waals surface area contributed by atoms with Gasteiger partial charge in [0.05, 0.1) is 16.6 Å². The molecule has 4 aliphatic rings. The number of hydrogen-bond donors (Lipinski definition) is 1. The van der Waals surface area contributed by atoms with Gasteiger partial charge in [0.2, 0.25) is 5.95 Å². The lowest BCUT2D eigenvalue weighted by Crippen LogP contribution is -2.41. The molecule has 1 aliphatic carbocycles. The van der Waals surface area contributed by atoms with Crippen molar-refractivity contribution >= 4 is 29.2 Å². The molecular weight excluding hydrogens is 665 g/mol. The molecule has 0 radical (unpaired) electrons. The average Bonchev–Trinajstić information content (AvgIpc) is 3.72. The number of alkyl halides is 1. The van der Waals surface area contributed by atoms with Gasteiger partial charge in [-0.3, -0.25) is 0 Å². The third kappa shape index (κ3) is 8.22. The summed E-state index contributed by atoms with van der Waals surface area (Å²) in [6.45, 7) is 15.8. The third-order valence-corrected chi connectivity index (χ3v) is 12.7. The summed E-state index contributed by atoms with van der Waals surface area (Å²) in [5, 5.41) is 4.13. The molecule has 0 spiro atoms. The number of fused-ring (bicyclic) bond motifs is 1. The van der Waals surface area contributed by atoms with Gasteiger partial charge in [-0.1, -0.05) is 43.6 Å². The van der Waals surface area contributed by atoms with Gasteiger partial charge in [0.15, 0.2) is 0 Å². The molecule has 0 bridgehead atoms. The fourth-order valence-corrected chi connectivity index (χ4v) is 9.65. The molecule has 4 fully saturated rings. The highest BCUT2D eigenvalue weighted by molar-refractivity contribution is 6.32. The second kappa shape index (κ2) is 16.0. The highest BCUT2D eigenvalue weighted by Gasteiger charge is 2.44. The van der Waals surface area contributed by atoms with Crippen molar-refractivity contribution < 1.29 is 9.47 Å². The SMILES string of the molecule is Cc1cc(C(C)(C)c2ccc(OCc3ccnc(N4C[C@H]5CC(C6CCN(CC7CCNCC7)CC6)C[C@H]5C4)n3)cc2)cc(Cl)c1OCCCl. The summed E-state index contributed by atoms with van der Waals surface area (Å²) in [4.78, 5) is 14.8. The van der Waals surface area contributed by atoms with Crippen LogP contribution in [0.25, 0.3) is 0 Å². The zero-order valence-electron chi connectivity index (χ0n) is 30.2. The molecule has 3 aliphatic heterocycles. The van der Waals surface area contributed by atoms with E-state index in [1.54, 1.807) is 0 Å². The summed E-state index contributed by atoms with van der Waals surface area (Å²) in [5.74, 6) is 7.10. The molecule has 3 saturated heterocycles. The number of halogens is 2. The number of ether oxygens (including phenoxy) is 2. The Balaban J connectivity index is 0.887. The van der Waals surface area contributed by atoms with Crippen LogP contribution in [-0.2, 0) is 12.0 Å². The van der Waals surface area contributed by atoms with Crippen molar-refractivity contribution in [1.82, 2.24) is 20.2 Å². The van der Waals surface area contributed by atoms with E-state index in [-0.39, 0.29) is 5.41 Å². The number of nitrogens with zero attached hydrogens (tertiary/aromatic N) is 4. The van der Waals surface area contributed by atoms with Gasteiger partial charge in [-0.15, -0.1) is 11.6 Å². The second-order valence-corrected chi connectivity index (χ2v) is 16.7. The predicted octanol–water partition coefficient (Wildman–Crippen LogP) is 8.13. The van der Waals surface area contributed by atoms with E-state index >= 15 is 0 Å². The Bertz CT molecular complexity index is 1530. The number of benzene rings is 2. The van der Waals surface area contributed by atoms with Crippen molar-refractivity contribution in [3.63, 3.8) is 0 Å². The molecule has 270 valence electrons. The quantitative estimate of drug-likeness (QED) is 0.190. The first kappa shape index (κ1) is 35.8. The molecule has 3 atom stereocenters. The smallest absolute Gasteiger partial charge is 0.225 e. The van der Waals surface area contributed by atoms with E-state index in [1.807, 2.05) is 37.4 Å². The van der Waals surface area contributed by atoms with Gasteiger partial charge in [-0.2, -0.15) is 0 Å². The Hall–Kier alpha value is -2.58. The molecule has 50 heavy (non-hydrogen) atoms. The molecule has 1 N–H and O–H groups in total. The molecule has 1 saturated carbocycles. The first-order valence-corrected chi connectivity index (χ1v) is 19.9. The molecular formula is C41H55Cl2N5O2. The Morgan fingerprint density at radius 2 is 1.60 bits per heavy atom. The Morgan fingerprint density at radius 3 is 2.28 bits per heavy atom. The molecule has 1 aromatic heterocycles. The number of likely N-dealkylation sites (tertiary alicyclic amines) is 1. The zero-order valence-corrected chi connectivity index (χ0v) is 31.7. The highest BCUT2D eigenvalue weighted by atomic mass is 35.5. The number of aryl methyl sites for hydroxylation is 1. The summed E-state index contributed by atoms with van der Waals surface area (Å²) < 4.78 is 12.0. The first-order valence-electron chi connectivity index (χ1n) is 19.0. The van der Waals surface area contributed by atoms with Gasteiger partial charge >= 0.3 is 0 Å². The average molecular weight is 721 g/mol. The lowest BCUT2D eigenvalue weighted by atomic mass is 9.77. The molecule has 3 aromatic rings. The van der Waals surface area contributed by atoms with Crippen LogP contribution in [0.3, 0.4) is 0 Å². The van der Waals surface area contributed by atoms with Gasteiger partial charge in [-0.05, 0) is 142 Å². The fourth-order valence-electron chi connectivity index (χ4n) is 9.26. The lowest BCUT2D eigenvalue weighted by Gasteiger charge is -2.37. The number of piperidine rings is 2. The van der Waals surface area contributed by atoms with Gasteiger partial charge in [0.25, 0.3) is 0 Å². The van der Waals surface area contributed by atoms with Crippen LogP contribution >= 0.6 is 23.2 Å². The molecule has 7 rings (SSSR count). The largest absolute Gasteiger partial charge is 0.491 e. The van der Waals surface area contributed by atoms with E-state index < -0.39 is 0 Å². The van der Waals surface area contributed by atoms with E-state index in [4.69, 9.17) is 42.6 Å². The minimum atomic E-state index is -0.252. The summed E-state index contributed by atoms with van der Waals surface area (Å²) in [7, 11) is 0. The Morgan fingerprint density at radius 1 is 0.880 bits per heavy atom. The number of rotatable bonds is 12. The number of hydrogen-bond acceptors (Lipinski definition) is 7. The minimum Gasteiger partial charge on any atom is -0.491 e. The second-order valence-electron chi connectivity index (χ2n) is 15.9. The van der Waals surface area contributed by atoms with E-state index in [0.717, 1.165) is 71.2 Å². The van der Waals surface area contributed by atoms with Crippen LogP contribution in [0.15, 0.2) is 48.7 Å². The van der Waals surface area contributed by atoms with Crippen molar-refractivity contribution in [2.24, 2.45) is 29.6 Å². The van der Waals surface area contributed by atoms with Crippen molar-refractivity contribution in [2.75, 3.05) is 63.2 Å². The third-order valence-electron chi connectivity index (χ3n) is 12.3. The maximum absolute atomic E-state index is 6.62. The fraction of sp³-hybridized carbons (Fsp3) is 0.610. The predicted molar refractivity (Wildman–Crippen MR) is 204 cm³/mol. The maximum atomic E-state index is 6.62. The van der Waals surface area contributed by atoms with Crippen molar-refractivity contribution in [3.8, 4) is 11.5 Å². The van der Waals surface area contributed by atoms with Crippen LogP contribution in [-0.4, -0.2) is 73.2 Å². The highest BCUT2D eigenvalue weighted by Crippen LogP contribution is 2.47. The summed E-state index contributed by atoms with van der Waals surface area (Å²) in [6, 6.07) is 14.5. The minimum absolute atomic E-state index is 0.252.